The third kappa shape index (κ3) is 3.18. The van der Waals surface area contributed by atoms with E-state index in [2.05, 4.69) is 10.6 Å². The van der Waals surface area contributed by atoms with E-state index in [4.69, 9.17) is 5.26 Å². The van der Waals surface area contributed by atoms with E-state index in [-0.39, 0.29) is 5.69 Å². The molecule has 0 saturated heterocycles. The van der Waals surface area contributed by atoms with Crippen LogP contribution in [0.5, 0.6) is 0 Å². The van der Waals surface area contributed by atoms with Gasteiger partial charge in [0.15, 0.2) is 0 Å². The third-order valence-corrected chi connectivity index (χ3v) is 2.77. The first-order valence-corrected chi connectivity index (χ1v) is 5.86. The fourth-order valence-corrected chi connectivity index (χ4v) is 1.67. The Kier molecular flexibility index (Phi) is 3.75. The molecule has 1 fully saturated rings. The summed E-state index contributed by atoms with van der Waals surface area (Å²) in [5.74, 6) is 0. The second kappa shape index (κ2) is 5.47. The number of nitro groups is 1. The lowest BCUT2D eigenvalue weighted by Gasteiger charge is -2.08. The van der Waals surface area contributed by atoms with Crippen LogP contribution < -0.4 is 10.6 Å². The predicted octanol–water partition coefficient (Wildman–Crippen LogP) is 1.63. The van der Waals surface area contributed by atoms with Crippen molar-refractivity contribution in [1.29, 1.82) is 5.26 Å². The fraction of sp³-hybridized carbons (Fsp3) is 0.417. The van der Waals surface area contributed by atoms with Crippen LogP contribution in [0.3, 0.4) is 0 Å². The van der Waals surface area contributed by atoms with Gasteiger partial charge in [-0.15, -0.1) is 0 Å². The molecular formula is C12H14N4O2. The summed E-state index contributed by atoms with van der Waals surface area (Å²) in [6, 6.07) is 6.91. The van der Waals surface area contributed by atoms with E-state index >= 15 is 0 Å². The summed E-state index contributed by atoms with van der Waals surface area (Å²) in [4.78, 5) is 10.4. The maximum Gasteiger partial charge on any atom is 0.292 e. The molecule has 6 nitrogen and oxygen atoms in total. The molecule has 1 aromatic rings. The molecule has 1 aromatic carbocycles. The number of nitro benzene ring substituents is 1. The molecule has 0 unspecified atom stereocenters. The molecule has 0 bridgehead atoms. The smallest absolute Gasteiger partial charge is 0.292 e. The summed E-state index contributed by atoms with van der Waals surface area (Å²) in [6.45, 7) is 1.37. The van der Waals surface area contributed by atoms with Crippen molar-refractivity contribution in [2.75, 3.05) is 18.4 Å². The zero-order chi connectivity index (χ0) is 13.0. The van der Waals surface area contributed by atoms with Crippen molar-refractivity contribution >= 4 is 11.4 Å². The van der Waals surface area contributed by atoms with Gasteiger partial charge in [-0.25, -0.2) is 0 Å². The summed E-state index contributed by atoms with van der Waals surface area (Å²) in [5.41, 5.74) is 0.815. The monoisotopic (exact) mass is 246 g/mol. The number of benzene rings is 1. The molecule has 0 spiro atoms. The Morgan fingerprint density at radius 2 is 2.22 bits per heavy atom. The molecule has 1 aliphatic rings. The van der Waals surface area contributed by atoms with Gasteiger partial charge in [0.05, 0.1) is 16.6 Å². The minimum Gasteiger partial charge on any atom is -0.378 e. The quantitative estimate of drug-likeness (QED) is 0.452. The first-order chi connectivity index (χ1) is 8.70. The van der Waals surface area contributed by atoms with Gasteiger partial charge in [-0.2, -0.15) is 5.26 Å². The number of hydrogen-bond donors (Lipinski definition) is 2. The van der Waals surface area contributed by atoms with Crippen molar-refractivity contribution in [3.8, 4) is 6.07 Å². The molecule has 1 saturated carbocycles. The average molecular weight is 246 g/mol. The van der Waals surface area contributed by atoms with E-state index in [0.717, 1.165) is 6.54 Å². The van der Waals surface area contributed by atoms with Crippen LogP contribution in [-0.4, -0.2) is 24.1 Å². The molecule has 94 valence electrons. The van der Waals surface area contributed by atoms with E-state index in [1.807, 2.05) is 6.07 Å². The van der Waals surface area contributed by atoms with E-state index < -0.39 is 4.92 Å². The van der Waals surface area contributed by atoms with Gasteiger partial charge in [-0.05, 0) is 25.0 Å². The lowest BCUT2D eigenvalue weighted by molar-refractivity contribution is -0.384. The summed E-state index contributed by atoms with van der Waals surface area (Å²) in [6.07, 6.45) is 2.42. The van der Waals surface area contributed by atoms with E-state index in [1.165, 1.54) is 31.0 Å². The van der Waals surface area contributed by atoms with Gasteiger partial charge in [0.2, 0.25) is 0 Å². The maximum absolute atomic E-state index is 10.8. The Bertz CT molecular complexity index is 491. The number of anilines is 1. The second-order valence-corrected chi connectivity index (χ2v) is 4.26. The van der Waals surface area contributed by atoms with Crippen LogP contribution >= 0.6 is 0 Å². The van der Waals surface area contributed by atoms with E-state index in [9.17, 15) is 10.1 Å². The van der Waals surface area contributed by atoms with Crippen molar-refractivity contribution in [2.24, 2.45) is 0 Å². The highest BCUT2D eigenvalue weighted by Crippen LogP contribution is 2.25. The number of nitriles is 1. The van der Waals surface area contributed by atoms with Crippen LogP contribution in [0.2, 0.25) is 0 Å². The zero-order valence-electron chi connectivity index (χ0n) is 9.85. The van der Waals surface area contributed by atoms with Crippen molar-refractivity contribution in [1.82, 2.24) is 5.32 Å². The van der Waals surface area contributed by atoms with Crippen LogP contribution in [-0.2, 0) is 0 Å². The number of nitrogens with zero attached hydrogens (tertiary/aromatic N) is 2. The minimum absolute atomic E-state index is 0.000391. The van der Waals surface area contributed by atoms with E-state index in [0.29, 0.717) is 23.8 Å². The Morgan fingerprint density at radius 1 is 1.44 bits per heavy atom. The standard InChI is InChI=1S/C12H14N4O2/c13-8-9-1-4-12(16(17)18)11(7-9)15-6-5-14-10-2-3-10/h1,4,7,10,14-15H,2-3,5-6H2. The van der Waals surface area contributed by atoms with Crippen LogP contribution in [0.15, 0.2) is 18.2 Å². The van der Waals surface area contributed by atoms with Gasteiger partial charge in [0, 0.05) is 25.2 Å². The molecule has 6 heteroatoms. The zero-order valence-corrected chi connectivity index (χ0v) is 9.85. The molecule has 0 heterocycles. The first kappa shape index (κ1) is 12.3. The van der Waals surface area contributed by atoms with Gasteiger partial charge in [-0.3, -0.25) is 10.1 Å². The lowest BCUT2D eigenvalue weighted by atomic mass is 10.2. The fourth-order valence-electron chi connectivity index (χ4n) is 1.67. The first-order valence-electron chi connectivity index (χ1n) is 5.86. The summed E-state index contributed by atoms with van der Waals surface area (Å²) >= 11 is 0. The highest BCUT2D eigenvalue weighted by atomic mass is 16.6. The lowest BCUT2D eigenvalue weighted by Crippen LogP contribution is -2.24. The van der Waals surface area contributed by atoms with Crippen molar-refractivity contribution < 1.29 is 4.92 Å². The highest BCUT2D eigenvalue weighted by Gasteiger charge is 2.20. The molecule has 0 amide bonds. The summed E-state index contributed by atoms with van der Waals surface area (Å²) < 4.78 is 0. The maximum atomic E-state index is 10.8. The molecule has 0 radical (unpaired) electrons. The summed E-state index contributed by atoms with van der Waals surface area (Å²) in [5, 5.41) is 25.9. The molecule has 0 aromatic heterocycles. The van der Waals surface area contributed by atoms with Gasteiger partial charge >= 0.3 is 0 Å². The highest BCUT2D eigenvalue weighted by molar-refractivity contribution is 5.64. The molecular weight excluding hydrogens is 232 g/mol. The largest absolute Gasteiger partial charge is 0.378 e. The molecule has 2 N–H and O–H groups in total. The van der Waals surface area contributed by atoms with Crippen LogP contribution in [0, 0.1) is 21.4 Å². The Balaban J connectivity index is 1.98. The predicted molar refractivity (Wildman–Crippen MR) is 67.3 cm³/mol. The average Bonchev–Trinajstić information content (AvgIpc) is 3.18. The van der Waals surface area contributed by atoms with Gasteiger partial charge in [0.25, 0.3) is 5.69 Å². The third-order valence-electron chi connectivity index (χ3n) is 2.77. The van der Waals surface area contributed by atoms with Gasteiger partial charge < -0.3 is 10.6 Å². The topological polar surface area (TPSA) is 91.0 Å². The van der Waals surface area contributed by atoms with Crippen molar-refractivity contribution in [2.45, 2.75) is 18.9 Å². The Morgan fingerprint density at radius 3 is 2.83 bits per heavy atom. The van der Waals surface area contributed by atoms with Crippen LogP contribution in [0.4, 0.5) is 11.4 Å². The molecule has 0 atom stereocenters. The van der Waals surface area contributed by atoms with Crippen LogP contribution in [0.1, 0.15) is 18.4 Å². The van der Waals surface area contributed by atoms with E-state index in [1.54, 1.807) is 0 Å². The Labute approximate surface area is 105 Å². The molecule has 0 aliphatic heterocycles. The SMILES string of the molecule is N#Cc1ccc([N+](=O)[O-])c(NCCNC2CC2)c1. The second-order valence-electron chi connectivity index (χ2n) is 4.26. The molecule has 18 heavy (non-hydrogen) atoms. The number of hydrogen-bond acceptors (Lipinski definition) is 5. The van der Waals surface area contributed by atoms with Crippen molar-refractivity contribution in [3.63, 3.8) is 0 Å². The van der Waals surface area contributed by atoms with Gasteiger partial charge in [-0.1, -0.05) is 0 Å². The Hall–Kier alpha value is -2.13. The van der Waals surface area contributed by atoms with Gasteiger partial charge in [0.1, 0.15) is 5.69 Å². The molecule has 1 aliphatic carbocycles. The normalized spacial score (nSPS) is 13.9. The minimum atomic E-state index is -0.447. The van der Waals surface area contributed by atoms with Crippen LogP contribution in [0.25, 0.3) is 0 Å². The van der Waals surface area contributed by atoms with Crippen molar-refractivity contribution in [3.05, 3.63) is 33.9 Å². The number of nitrogens with one attached hydrogen (secondary N) is 2. The number of rotatable bonds is 6. The molecule has 2 rings (SSSR count). The summed E-state index contributed by atoms with van der Waals surface area (Å²) in [7, 11) is 0.